The van der Waals surface area contributed by atoms with Crippen LogP contribution in [-0.2, 0) is 4.74 Å². The standard InChI is InChI=1S/C15H16BrNO3S/c1-4-17-10-7-5-6-9(8-10)13-11(16)12(19-2)14(21-13)15(18)20-3/h5-8,17H,4H2,1-3H3. The maximum absolute atomic E-state index is 11.8. The molecule has 2 rings (SSSR count). The van der Waals surface area contributed by atoms with Crippen LogP contribution in [0.2, 0.25) is 0 Å². The number of hydrogen-bond donors (Lipinski definition) is 1. The van der Waals surface area contributed by atoms with E-state index in [1.165, 1.54) is 25.6 Å². The predicted molar refractivity (Wildman–Crippen MR) is 89.5 cm³/mol. The third-order valence-electron chi connectivity index (χ3n) is 2.89. The molecule has 4 nitrogen and oxygen atoms in total. The molecule has 0 unspecified atom stereocenters. The van der Waals surface area contributed by atoms with Crippen LogP contribution in [0.15, 0.2) is 28.7 Å². The molecule has 0 aliphatic heterocycles. The molecule has 112 valence electrons. The molecule has 0 spiro atoms. The summed E-state index contributed by atoms with van der Waals surface area (Å²) in [6, 6.07) is 8.02. The van der Waals surface area contributed by atoms with Crippen molar-refractivity contribution in [3.05, 3.63) is 33.6 Å². The molecule has 0 aliphatic rings. The zero-order valence-corrected chi connectivity index (χ0v) is 14.4. The van der Waals surface area contributed by atoms with Crippen LogP contribution in [0.1, 0.15) is 16.6 Å². The van der Waals surface area contributed by atoms with Crippen LogP contribution >= 0.6 is 27.3 Å². The molecule has 0 aliphatic carbocycles. The van der Waals surface area contributed by atoms with Gasteiger partial charge in [0.1, 0.15) is 0 Å². The fourth-order valence-electron chi connectivity index (χ4n) is 1.97. The molecule has 1 aromatic carbocycles. The minimum atomic E-state index is -0.397. The Bertz CT molecular complexity index is 654. The Morgan fingerprint density at radius 3 is 2.76 bits per heavy atom. The minimum absolute atomic E-state index is 0.397. The zero-order chi connectivity index (χ0) is 15.4. The lowest BCUT2D eigenvalue weighted by Gasteiger charge is -2.05. The molecule has 6 heteroatoms. The van der Waals surface area contributed by atoms with Crippen molar-refractivity contribution in [2.75, 3.05) is 26.1 Å². The molecule has 1 aromatic heterocycles. The molecule has 0 amide bonds. The van der Waals surface area contributed by atoms with E-state index < -0.39 is 5.97 Å². The van der Waals surface area contributed by atoms with Crippen LogP contribution in [0.5, 0.6) is 5.75 Å². The Morgan fingerprint density at radius 2 is 2.14 bits per heavy atom. The van der Waals surface area contributed by atoms with Crippen LogP contribution in [0.4, 0.5) is 5.69 Å². The first-order valence-corrected chi connectivity index (χ1v) is 8.02. The van der Waals surface area contributed by atoms with Crippen molar-refractivity contribution in [1.29, 1.82) is 0 Å². The Kier molecular flexibility index (Phi) is 5.25. The van der Waals surface area contributed by atoms with Crippen molar-refractivity contribution in [1.82, 2.24) is 0 Å². The van der Waals surface area contributed by atoms with Crippen molar-refractivity contribution < 1.29 is 14.3 Å². The Hall–Kier alpha value is -1.53. The maximum atomic E-state index is 11.8. The van der Waals surface area contributed by atoms with E-state index in [2.05, 4.69) is 21.2 Å². The molecule has 1 N–H and O–H groups in total. The van der Waals surface area contributed by atoms with E-state index in [0.29, 0.717) is 10.6 Å². The summed E-state index contributed by atoms with van der Waals surface area (Å²) < 4.78 is 10.9. The topological polar surface area (TPSA) is 47.6 Å². The van der Waals surface area contributed by atoms with Gasteiger partial charge in [0, 0.05) is 12.2 Å². The molecule has 0 fully saturated rings. The number of methoxy groups -OCH3 is 2. The second kappa shape index (κ2) is 6.95. The molecule has 0 saturated heterocycles. The number of anilines is 1. The predicted octanol–water partition coefficient (Wildman–Crippen LogP) is 4.40. The second-order valence-corrected chi connectivity index (χ2v) is 6.02. The summed E-state index contributed by atoms with van der Waals surface area (Å²) in [7, 11) is 2.90. The van der Waals surface area contributed by atoms with Crippen molar-refractivity contribution in [3.63, 3.8) is 0 Å². The fraction of sp³-hybridized carbons (Fsp3) is 0.267. The molecule has 2 aromatic rings. The Balaban J connectivity index is 2.51. The largest absolute Gasteiger partial charge is 0.494 e. The number of halogens is 1. The van der Waals surface area contributed by atoms with Crippen LogP contribution in [0.3, 0.4) is 0 Å². The van der Waals surface area contributed by atoms with Gasteiger partial charge in [-0.05, 0) is 40.5 Å². The molecule has 0 bridgehead atoms. The summed E-state index contributed by atoms with van der Waals surface area (Å²) in [5, 5.41) is 3.27. The summed E-state index contributed by atoms with van der Waals surface area (Å²) >= 11 is 4.87. The molecule has 0 radical (unpaired) electrons. The smallest absolute Gasteiger partial charge is 0.351 e. The van der Waals surface area contributed by atoms with Crippen LogP contribution in [0, 0.1) is 0 Å². The Morgan fingerprint density at radius 1 is 1.38 bits per heavy atom. The normalized spacial score (nSPS) is 10.3. The Labute approximate surface area is 136 Å². The monoisotopic (exact) mass is 369 g/mol. The number of ether oxygens (including phenoxy) is 2. The first kappa shape index (κ1) is 15.9. The maximum Gasteiger partial charge on any atom is 0.351 e. The van der Waals surface area contributed by atoms with E-state index in [1.54, 1.807) is 0 Å². The lowest BCUT2D eigenvalue weighted by atomic mass is 10.1. The minimum Gasteiger partial charge on any atom is -0.494 e. The van der Waals surface area contributed by atoms with Crippen molar-refractivity contribution >= 4 is 38.9 Å². The summed E-state index contributed by atoms with van der Waals surface area (Å²) in [6.45, 7) is 2.90. The van der Waals surface area contributed by atoms with Crippen LogP contribution in [-0.4, -0.2) is 26.7 Å². The first-order chi connectivity index (χ1) is 10.1. The van der Waals surface area contributed by atoms with E-state index in [-0.39, 0.29) is 0 Å². The van der Waals surface area contributed by atoms with E-state index in [9.17, 15) is 4.79 Å². The number of benzene rings is 1. The van der Waals surface area contributed by atoms with Crippen LogP contribution < -0.4 is 10.1 Å². The number of hydrogen-bond acceptors (Lipinski definition) is 5. The van der Waals surface area contributed by atoms with Gasteiger partial charge in [-0.1, -0.05) is 12.1 Å². The average Bonchev–Trinajstić information content (AvgIpc) is 2.84. The van der Waals surface area contributed by atoms with E-state index >= 15 is 0 Å². The molecular weight excluding hydrogens is 354 g/mol. The summed E-state index contributed by atoms with van der Waals surface area (Å²) in [5.41, 5.74) is 2.05. The van der Waals surface area contributed by atoms with Gasteiger partial charge in [0.2, 0.25) is 0 Å². The molecule has 0 atom stereocenters. The van der Waals surface area contributed by atoms with Gasteiger partial charge in [0.25, 0.3) is 0 Å². The quantitative estimate of drug-likeness (QED) is 0.793. The molecular formula is C15H16BrNO3S. The highest BCUT2D eigenvalue weighted by molar-refractivity contribution is 9.10. The molecule has 1 heterocycles. The molecule has 0 saturated carbocycles. The van der Waals surface area contributed by atoms with Crippen LogP contribution in [0.25, 0.3) is 10.4 Å². The van der Waals surface area contributed by atoms with Crippen molar-refractivity contribution in [2.45, 2.75) is 6.92 Å². The summed E-state index contributed by atoms with van der Waals surface area (Å²) in [4.78, 5) is 13.2. The van der Waals surface area contributed by atoms with Gasteiger partial charge >= 0.3 is 5.97 Å². The number of rotatable bonds is 5. The van der Waals surface area contributed by atoms with Gasteiger partial charge in [-0.15, -0.1) is 11.3 Å². The van der Waals surface area contributed by atoms with Gasteiger partial charge in [0.15, 0.2) is 10.6 Å². The van der Waals surface area contributed by atoms with Crippen molar-refractivity contribution in [3.8, 4) is 16.2 Å². The lowest BCUT2D eigenvalue weighted by molar-refractivity contribution is 0.0603. The van der Waals surface area contributed by atoms with Gasteiger partial charge in [-0.25, -0.2) is 4.79 Å². The summed E-state index contributed by atoms with van der Waals surface area (Å²) in [6.07, 6.45) is 0. The van der Waals surface area contributed by atoms with E-state index in [4.69, 9.17) is 9.47 Å². The van der Waals surface area contributed by atoms with Gasteiger partial charge in [-0.3, -0.25) is 0 Å². The number of nitrogens with one attached hydrogen (secondary N) is 1. The SMILES string of the molecule is CCNc1cccc(-c2sc(C(=O)OC)c(OC)c2Br)c1. The third-order valence-corrected chi connectivity index (χ3v) is 5.11. The van der Waals surface area contributed by atoms with Gasteiger partial charge in [0.05, 0.1) is 23.6 Å². The lowest BCUT2D eigenvalue weighted by Crippen LogP contribution is -2.00. The molecule has 21 heavy (non-hydrogen) atoms. The van der Waals surface area contributed by atoms with E-state index in [1.807, 2.05) is 31.2 Å². The first-order valence-electron chi connectivity index (χ1n) is 6.41. The summed E-state index contributed by atoms with van der Waals surface area (Å²) in [5.74, 6) is 0.113. The number of esters is 1. The third kappa shape index (κ3) is 3.22. The van der Waals surface area contributed by atoms with Crippen molar-refractivity contribution in [2.24, 2.45) is 0 Å². The highest BCUT2D eigenvalue weighted by Crippen LogP contribution is 2.46. The second-order valence-electron chi connectivity index (χ2n) is 4.21. The zero-order valence-electron chi connectivity index (χ0n) is 12.0. The highest BCUT2D eigenvalue weighted by Gasteiger charge is 2.23. The fourth-order valence-corrected chi connectivity index (χ4v) is 4.00. The van der Waals surface area contributed by atoms with E-state index in [0.717, 1.165) is 27.1 Å². The number of carbonyl (C=O) groups excluding carboxylic acids is 1. The van der Waals surface area contributed by atoms with Gasteiger partial charge in [-0.2, -0.15) is 0 Å². The number of thiophene rings is 1. The highest BCUT2D eigenvalue weighted by atomic mass is 79.9. The average molecular weight is 370 g/mol. The van der Waals surface area contributed by atoms with Gasteiger partial charge < -0.3 is 14.8 Å². The number of carbonyl (C=O) groups is 1.